The van der Waals surface area contributed by atoms with Crippen LogP contribution in [-0.2, 0) is 11.3 Å². The summed E-state index contributed by atoms with van der Waals surface area (Å²) in [7, 11) is 1.61. The minimum absolute atomic E-state index is 0.149. The molecule has 140 valence electrons. The van der Waals surface area contributed by atoms with Gasteiger partial charge in [0.05, 0.1) is 12.9 Å². The number of aryl methyl sites for hydroxylation is 1. The molecule has 0 atom stereocenters. The molecule has 27 heavy (non-hydrogen) atoms. The maximum Gasteiger partial charge on any atom is 0.230 e. The predicted molar refractivity (Wildman–Crippen MR) is 102 cm³/mol. The van der Waals surface area contributed by atoms with Gasteiger partial charge in [0.25, 0.3) is 0 Å². The van der Waals surface area contributed by atoms with Crippen LogP contribution >= 0.6 is 11.8 Å². The van der Waals surface area contributed by atoms with E-state index in [0.29, 0.717) is 10.7 Å². The van der Waals surface area contributed by atoms with Gasteiger partial charge >= 0.3 is 0 Å². The van der Waals surface area contributed by atoms with Crippen molar-refractivity contribution in [1.29, 1.82) is 0 Å². The highest BCUT2D eigenvalue weighted by molar-refractivity contribution is 7.99. The Morgan fingerprint density at radius 3 is 2.63 bits per heavy atom. The molecule has 0 radical (unpaired) electrons. The molecule has 3 aromatic rings. The van der Waals surface area contributed by atoms with E-state index in [1.54, 1.807) is 25.3 Å². The van der Waals surface area contributed by atoms with Crippen LogP contribution in [0.15, 0.2) is 53.7 Å². The van der Waals surface area contributed by atoms with E-state index in [4.69, 9.17) is 4.74 Å². The van der Waals surface area contributed by atoms with Gasteiger partial charge in [-0.2, -0.15) is 0 Å². The Morgan fingerprint density at radius 1 is 1.19 bits per heavy atom. The summed E-state index contributed by atoms with van der Waals surface area (Å²) in [6.45, 7) is 2.00. The minimum atomic E-state index is -0.333. The number of benzene rings is 2. The van der Waals surface area contributed by atoms with Crippen molar-refractivity contribution in [3.63, 3.8) is 0 Å². The van der Waals surface area contributed by atoms with Crippen LogP contribution in [0.4, 0.5) is 4.39 Å². The average molecular weight is 386 g/mol. The van der Waals surface area contributed by atoms with Crippen LogP contribution in [0.25, 0.3) is 5.69 Å². The molecule has 0 aliphatic rings. The molecule has 1 amide bonds. The van der Waals surface area contributed by atoms with E-state index in [-0.39, 0.29) is 24.0 Å². The summed E-state index contributed by atoms with van der Waals surface area (Å²) in [5, 5.41) is 11.6. The molecule has 0 saturated heterocycles. The molecule has 0 bridgehead atoms. The number of carbonyl (C=O) groups is 1. The van der Waals surface area contributed by atoms with E-state index in [1.807, 2.05) is 35.8 Å². The molecule has 0 fully saturated rings. The van der Waals surface area contributed by atoms with Gasteiger partial charge in [-0.1, -0.05) is 30.0 Å². The third-order valence-corrected chi connectivity index (χ3v) is 4.82. The summed E-state index contributed by atoms with van der Waals surface area (Å²) in [6.07, 6.45) is 0. The standard InChI is InChI=1S/C19H19FN4O2S/c1-13-22-23-19(24(13)15-7-9-16(26-2)10-8-15)27-12-18(25)21-11-14-5-3-4-6-17(14)20/h3-10H,11-12H2,1-2H3,(H,21,25). The van der Waals surface area contributed by atoms with Crippen LogP contribution in [0.5, 0.6) is 5.75 Å². The Kier molecular flexibility index (Phi) is 6.08. The van der Waals surface area contributed by atoms with Crippen LogP contribution in [0.2, 0.25) is 0 Å². The maximum atomic E-state index is 13.6. The number of nitrogens with one attached hydrogen (secondary N) is 1. The van der Waals surface area contributed by atoms with Crippen LogP contribution in [-0.4, -0.2) is 33.5 Å². The fourth-order valence-corrected chi connectivity index (χ4v) is 3.31. The van der Waals surface area contributed by atoms with E-state index in [9.17, 15) is 9.18 Å². The average Bonchev–Trinajstić information content (AvgIpc) is 3.06. The second-order valence-electron chi connectivity index (χ2n) is 5.72. The lowest BCUT2D eigenvalue weighted by Gasteiger charge is -2.09. The number of nitrogens with zero attached hydrogens (tertiary/aromatic N) is 3. The summed E-state index contributed by atoms with van der Waals surface area (Å²) in [5.41, 5.74) is 1.33. The Bertz CT molecular complexity index is 928. The zero-order valence-corrected chi connectivity index (χ0v) is 15.8. The number of thioether (sulfide) groups is 1. The molecular weight excluding hydrogens is 367 g/mol. The van der Waals surface area contributed by atoms with Crippen molar-refractivity contribution >= 4 is 17.7 Å². The monoisotopic (exact) mass is 386 g/mol. The molecule has 1 heterocycles. The van der Waals surface area contributed by atoms with Crippen molar-refractivity contribution in [3.8, 4) is 11.4 Å². The van der Waals surface area contributed by atoms with Gasteiger partial charge in [0.2, 0.25) is 5.91 Å². The van der Waals surface area contributed by atoms with Gasteiger partial charge in [-0.25, -0.2) is 4.39 Å². The van der Waals surface area contributed by atoms with Crippen LogP contribution in [0.3, 0.4) is 0 Å². The van der Waals surface area contributed by atoms with E-state index < -0.39 is 0 Å². The van der Waals surface area contributed by atoms with E-state index in [0.717, 1.165) is 17.3 Å². The number of amides is 1. The van der Waals surface area contributed by atoms with Gasteiger partial charge in [-0.05, 0) is 37.3 Å². The highest BCUT2D eigenvalue weighted by Crippen LogP contribution is 2.23. The van der Waals surface area contributed by atoms with E-state index in [1.165, 1.54) is 17.8 Å². The fraction of sp³-hybridized carbons (Fsp3) is 0.211. The van der Waals surface area contributed by atoms with Gasteiger partial charge in [0, 0.05) is 17.8 Å². The first kappa shape index (κ1) is 18.9. The number of ether oxygens (including phenoxy) is 1. The number of carbonyl (C=O) groups excluding carboxylic acids is 1. The Balaban J connectivity index is 1.62. The molecule has 6 nitrogen and oxygen atoms in total. The number of methoxy groups -OCH3 is 1. The Labute approximate surface area is 160 Å². The number of aromatic nitrogens is 3. The smallest absolute Gasteiger partial charge is 0.230 e. The van der Waals surface area contributed by atoms with Crippen molar-refractivity contribution in [2.75, 3.05) is 12.9 Å². The number of hydrogen-bond acceptors (Lipinski definition) is 5. The molecule has 0 spiro atoms. The lowest BCUT2D eigenvalue weighted by atomic mass is 10.2. The Morgan fingerprint density at radius 2 is 1.93 bits per heavy atom. The van der Waals surface area contributed by atoms with Crippen molar-refractivity contribution in [1.82, 2.24) is 20.1 Å². The zero-order valence-electron chi connectivity index (χ0n) is 15.0. The summed E-state index contributed by atoms with van der Waals surface area (Å²) < 4.78 is 20.6. The minimum Gasteiger partial charge on any atom is -0.497 e. The van der Waals surface area contributed by atoms with Crippen LogP contribution in [0.1, 0.15) is 11.4 Å². The topological polar surface area (TPSA) is 69.0 Å². The lowest BCUT2D eigenvalue weighted by molar-refractivity contribution is -0.118. The van der Waals surface area contributed by atoms with Crippen molar-refractivity contribution in [2.45, 2.75) is 18.6 Å². The summed E-state index contributed by atoms with van der Waals surface area (Å²) in [5.74, 6) is 1.09. The van der Waals surface area contributed by atoms with Gasteiger partial charge in [0.1, 0.15) is 17.4 Å². The van der Waals surface area contributed by atoms with Crippen LogP contribution < -0.4 is 10.1 Å². The highest BCUT2D eigenvalue weighted by atomic mass is 32.2. The van der Waals surface area contributed by atoms with Gasteiger partial charge in [0.15, 0.2) is 5.16 Å². The Hall–Kier alpha value is -2.87. The molecular formula is C19H19FN4O2S. The van der Waals surface area contributed by atoms with E-state index >= 15 is 0 Å². The second-order valence-corrected chi connectivity index (χ2v) is 6.66. The molecule has 0 aliphatic carbocycles. The molecule has 1 N–H and O–H groups in total. The zero-order chi connectivity index (χ0) is 19.2. The molecule has 3 rings (SSSR count). The largest absolute Gasteiger partial charge is 0.497 e. The third-order valence-electron chi connectivity index (χ3n) is 3.89. The first-order chi connectivity index (χ1) is 13.1. The van der Waals surface area contributed by atoms with Crippen LogP contribution in [0, 0.1) is 12.7 Å². The molecule has 0 aliphatic heterocycles. The fourth-order valence-electron chi connectivity index (χ4n) is 2.48. The maximum absolute atomic E-state index is 13.6. The first-order valence-corrected chi connectivity index (χ1v) is 9.26. The second kappa shape index (κ2) is 8.68. The first-order valence-electron chi connectivity index (χ1n) is 8.28. The third kappa shape index (κ3) is 4.65. The van der Waals surface area contributed by atoms with Crippen molar-refractivity contribution < 1.29 is 13.9 Å². The van der Waals surface area contributed by atoms with Crippen molar-refractivity contribution in [3.05, 3.63) is 65.7 Å². The summed E-state index contributed by atoms with van der Waals surface area (Å²) in [4.78, 5) is 12.1. The number of rotatable bonds is 7. The molecule has 0 saturated carbocycles. The van der Waals surface area contributed by atoms with Gasteiger partial charge in [-0.3, -0.25) is 9.36 Å². The predicted octanol–water partition coefficient (Wildman–Crippen LogP) is 3.13. The van der Waals surface area contributed by atoms with Gasteiger partial charge < -0.3 is 10.1 Å². The molecule has 8 heteroatoms. The quantitative estimate of drug-likeness (QED) is 0.632. The number of halogens is 1. The highest BCUT2D eigenvalue weighted by Gasteiger charge is 2.13. The summed E-state index contributed by atoms with van der Waals surface area (Å²) in [6, 6.07) is 13.9. The number of hydrogen-bond donors (Lipinski definition) is 1. The molecule has 0 unspecified atom stereocenters. The van der Waals surface area contributed by atoms with E-state index in [2.05, 4.69) is 15.5 Å². The molecule has 1 aromatic heterocycles. The SMILES string of the molecule is COc1ccc(-n2c(C)nnc2SCC(=O)NCc2ccccc2F)cc1. The lowest BCUT2D eigenvalue weighted by Crippen LogP contribution is -2.25. The van der Waals surface area contributed by atoms with Gasteiger partial charge in [-0.15, -0.1) is 10.2 Å². The summed E-state index contributed by atoms with van der Waals surface area (Å²) >= 11 is 1.27. The van der Waals surface area contributed by atoms with Crippen molar-refractivity contribution in [2.24, 2.45) is 0 Å². The molecule has 2 aromatic carbocycles. The normalized spacial score (nSPS) is 10.6.